The molecule has 0 aromatic carbocycles. The van der Waals surface area contributed by atoms with Crippen molar-refractivity contribution in [2.24, 2.45) is 5.92 Å². The van der Waals surface area contributed by atoms with Gasteiger partial charge in [0.1, 0.15) is 6.04 Å². The fourth-order valence-electron chi connectivity index (χ4n) is 1.74. The summed E-state index contributed by atoms with van der Waals surface area (Å²) in [5.41, 5.74) is 0. The van der Waals surface area contributed by atoms with Crippen LogP contribution >= 0.6 is 0 Å². The Morgan fingerprint density at radius 3 is 2.45 bits per heavy atom. The zero-order valence-electron chi connectivity index (χ0n) is 12.0. The number of pyridine rings is 1. The molecule has 2 N–H and O–H groups in total. The predicted octanol–water partition coefficient (Wildman–Crippen LogP) is 2.40. The average Bonchev–Trinajstić information content (AvgIpc) is 2.39. The number of halogens is 2. The van der Waals surface area contributed by atoms with Gasteiger partial charge in [0, 0.05) is 13.1 Å². The number of anilines is 2. The second-order valence-corrected chi connectivity index (χ2v) is 4.75. The molecule has 112 valence electrons. The van der Waals surface area contributed by atoms with Crippen LogP contribution in [-0.4, -0.2) is 31.2 Å². The van der Waals surface area contributed by atoms with Crippen LogP contribution in [0.4, 0.5) is 20.4 Å². The van der Waals surface area contributed by atoms with Crippen molar-refractivity contribution >= 4 is 17.6 Å². The van der Waals surface area contributed by atoms with Gasteiger partial charge in [0.2, 0.25) is 0 Å². The summed E-state index contributed by atoms with van der Waals surface area (Å²) in [5.74, 6) is -2.27. The monoisotopic (exact) mass is 287 g/mol. The molecule has 0 spiro atoms. The molecule has 5 nitrogen and oxygen atoms in total. The first-order valence-electron chi connectivity index (χ1n) is 6.27. The van der Waals surface area contributed by atoms with Gasteiger partial charge in [-0.25, -0.2) is 18.6 Å². The SMILES string of the molecule is CNc1nc(NC(CC(C)C)C(=O)OC)c(F)cc1F. The lowest BCUT2D eigenvalue weighted by molar-refractivity contribution is -0.141. The molecule has 1 unspecified atom stereocenters. The number of ether oxygens (including phenoxy) is 1. The Morgan fingerprint density at radius 1 is 1.35 bits per heavy atom. The minimum Gasteiger partial charge on any atom is -0.467 e. The Morgan fingerprint density at radius 2 is 1.95 bits per heavy atom. The van der Waals surface area contributed by atoms with Crippen molar-refractivity contribution in [3.63, 3.8) is 0 Å². The van der Waals surface area contributed by atoms with E-state index in [4.69, 9.17) is 0 Å². The van der Waals surface area contributed by atoms with E-state index in [9.17, 15) is 13.6 Å². The highest BCUT2D eigenvalue weighted by Gasteiger charge is 2.23. The maximum Gasteiger partial charge on any atom is 0.328 e. The summed E-state index contributed by atoms with van der Waals surface area (Å²) in [6, 6.07) is -0.0256. The number of hydrogen-bond acceptors (Lipinski definition) is 5. The molecule has 1 aromatic heterocycles. The summed E-state index contributed by atoms with van der Waals surface area (Å²) in [6.45, 7) is 3.84. The number of hydrogen-bond donors (Lipinski definition) is 2. The first-order valence-corrected chi connectivity index (χ1v) is 6.27. The number of esters is 1. The molecule has 0 fully saturated rings. The van der Waals surface area contributed by atoms with Gasteiger partial charge in [-0.05, 0) is 12.3 Å². The highest BCUT2D eigenvalue weighted by Crippen LogP contribution is 2.20. The van der Waals surface area contributed by atoms with Crippen LogP contribution in [0.1, 0.15) is 20.3 Å². The van der Waals surface area contributed by atoms with Crippen LogP contribution in [0.25, 0.3) is 0 Å². The first kappa shape index (κ1) is 16.1. The van der Waals surface area contributed by atoms with Crippen LogP contribution in [0.2, 0.25) is 0 Å². The molecule has 0 aliphatic heterocycles. The van der Waals surface area contributed by atoms with Crippen molar-refractivity contribution in [2.45, 2.75) is 26.3 Å². The van der Waals surface area contributed by atoms with E-state index in [1.54, 1.807) is 0 Å². The number of methoxy groups -OCH3 is 1. The number of rotatable bonds is 6. The first-order chi connectivity index (χ1) is 9.38. The van der Waals surface area contributed by atoms with E-state index in [0.717, 1.165) is 0 Å². The minimum atomic E-state index is -0.862. The maximum absolute atomic E-state index is 13.7. The summed E-state index contributed by atoms with van der Waals surface area (Å²) in [6.07, 6.45) is 0.445. The van der Waals surface area contributed by atoms with Gasteiger partial charge in [0.15, 0.2) is 23.3 Å². The van der Waals surface area contributed by atoms with Crippen molar-refractivity contribution in [2.75, 3.05) is 24.8 Å². The lowest BCUT2D eigenvalue weighted by Gasteiger charge is -2.19. The van der Waals surface area contributed by atoms with E-state index in [1.807, 2.05) is 13.8 Å². The Bertz CT molecular complexity index is 481. The van der Waals surface area contributed by atoms with Gasteiger partial charge >= 0.3 is 5.97 Å². The fraction of sp³-hybridized carbons (Fsp3) is 0.538. The molecule has 0 aliphatic rings. The zero-order chi connectivity index (χ0) is 15.3. The van der Waals surface area contributed by atoms with Gasteiger partial charge in [-0.1, -0.05) is 13.8 Å². The molecule has 0 saturated carbocycles. The summed E-state index contributed by atoms with van der Waals surface area (Å²) in [7, 11) is 2.73. The van der Waals surface area contributed by atoms with Crippen molar-refractivity contribution in [1.29, 1.82) is 0 Å². The molecule has 1 aromatic rings. The van der Waals surface area contributed by atoms with Crippen LogP contribution in [0.15, 0.2) is 6.07 Å². The molecule has 0 aliphatic carbocycles. The van der Waals surface area contributed by atoms with E-state index in [-0.39, 0.29) is 17.6 Å². The highest BCUT2D eigenvalue weighted by molar-refractivity contribution is 5.79. The molecule has 0 saturated heterocycles. The summed E-state index contributed by atoms with van der Waals surface area (Å²) in [4.78, 5) is 15.4. The third kappa shape index (κ3) is 4.04. The van der Waals surface area contributed by atoms with E-state index in [0.29, 0.717) is 12.5 Å². The quantitative estimate of drug-likeness (QED) is 0.787. The maximum atomic E-state index is 13.7. The van der Waals surface area contributed by atoms with Crippen LogP contribution in [0.5, 0.6) is 0 Å². The number of nitrogens with zero attached hydrogens (tertiary/aromatic N) is 1. The van der Waals surface area contributed by atoms with Gasteiger partial charge in [-0.15, -0.1) is 0 Å². The van der Waals surface area contributed by atoms with Crippen molar-refractivity contribution < 1.29 is 18.3 Å². The Labute approximate surface area is 116 Å². The van der Waals surface area contributed by atoms with Gasteiger partial charge in [-0.3, -0.25) is 0 Å². The Balaban J connectivity index is 3.01. The number of carbonyl (C=O) groups excluding carboxylic acids is 1. The number of carbonyl (C=O) groups is 1. The molecule has 0 amide bonds. The second kappa shape index (κ2) is 7.02. The molecule has 7 heteroatoms. The van der Waals surface area contributed by atoms with Gasteiger partial charge in [0.25, 0.3) is 0 Å². The van der Waals surface area contributed by atoms with E-state index < -0.39 is 23.6 Å². The van der Waals surface area contributed by atoms with E-state index >= 15 is 0 Å². The van der Waals surface area contributed by atoms with E-state index in [2.05, 4.69) is 20.4 Å². The van der Waals surface area contributed by atoms with Crippen molar-refractivity contribution in [3.8, 4) is 0 Å². The zero-order valence-corrected chi connectivity index (χ0v) is 12.0. The normalized spacial score (nSPS) is 12.2. The lowest BCUT2D eigenvalue weighted by Crippen LogP contribution is -2.33. The van der Waals surface area contributed by atoms with Crippen LogP contribution in [0.3, 0.4) is 0 Å². The van der Waals surface area contributed by atoms with Crippen LogP contribution in [-0.2, 0) is 9.53 Å². The van der Waals surface area contributed by atoms with Crippen LogP contribution in [0, 0.1) is 17.6 Å². The lowest BCUT2D eigenvalue weighted by atomic mass is 10.0. The summed E-state index contributed by atoms with van der Waals surface area (Å²) < 4.78 is 31.7. The Hall–Kier alpha value is -1.92. The molecule has 0 bridgehead atoms. The molecule has 1 heterocycles. The summed E-state index contributed by atoms with van der Waals surface area (Å²) >= 11 is 0. The molecular weight excluding hydrogens is 268 g/mol. The third-order valence-electron chi connectivity index (χ3n) is 2.67. The predicted molar refractivity (Wildman–Crippen MR) is 72.6 cm³/mol. The number of nitrogens with one attached hydrogen (secondary N) is 2. The number of aromatic nitrogens is 1. The molecule has 20 heavy (non-hydrogen) atoms. The van der Waals surface area contributed by atoms with Crippen LogP contribution < -0.4 is 10.6 Å². The van der Waals surface area contributed by atoms with Crippen molar-refractivity contribution in [1.82, 2.24) is 4.98 Å². The molecular formula is C13H19F2N3O2. The van der Waals surface area contributed by atoms with Crippen molar-refractivity contribution in [3.05, 3.63) is 17.7 Å². The average molecular weight is 287 g/mol. The largest absolute Gasteiger partial charge is 0.467 e. The highest BCUT2D eigenvalue weighted by atomic mass is 19.1. The van der Waals surface area contributed by atoms with Gasteiger partial charge in [-0.2, -0.15) is 0 Å². The minimum absolute atomic E-state index is 0.0953. The second-order valence-electron chi connectivity index (χ2n) is 4.75. The molecule has 0 radical (unpaired) electrons. The standard InChI is InChI=1S/C13H19F2N3O2/c1-7(2)5-10(13(19)20-4)17-12-9(15)6-8(14)11(16-3)18-12/h6-7,10H,5H2,1-4H3,(H2,16,17,18). The smallest absolute Gasteiger partial charge is 0.328 e. The molecule has 1 atom stereocenters. The van der Waals surface area contributed by atoms with E-state index in [1.165, 1.54) is 14.2 Å². The third-order valence-corrected chi connectivity index (χ3v) is 2.67. The summed E-state index contributed by atoms with van der Waals surface area (Å²) in [5, 5.41) is 5.18. The van der Waals surface area contributed by atoms with Gasteiger partial charge < -0.3 is 15.4 Å². The fourth-order valence-corrected chi connectivity index (χ4v) is 1.74. The van der Waals surface area contributed by atoms with Gasteiger partial charge in [0.05, 0.1) is 7.11 Å². The molecule has 1 rings (SSSR count). The topological polar surface area (TPSA) is 63.2 Å². The Kier molecular flexibility index (Phi) is 5.66.